The Balaban J connectivity index is 0.0000000829. The van der Waals surface area contributed by atoms with E-state index in [9.17, 15) is 0 Å². The fraction of sp³-hybridized carbons (Fsp3) is 0.0645. The zero-order valence-corrected chi connectivity index (χ0v) is 75.1. The molecular formula is C124H72N16. The predicted octanol–water partition coefficient (Wildman–Crippen LogP) is 26.9. The van der Waals surface area contributed by atoms with Gasteiger partial charge in [-0.1, -0.05) is 176 Å². The number of aromatic nitrogens is 16. The smallest absolute Gasteiger partial charge is 0.165 e. The molecule has 0 fully saturated rings. The Labute approximate surface area is 796 Å². The van der Waals surface area contributed by atoms with Crippen molar-refractivity contribution >= 4 is 154 Å². The van der Waals surface area contributed by atoms with Gasteiger partial charge in [-0.15, -0.1) is 0 Å². The number of imidazole rings is 4. The lowest BCUT2D eigenvalue weighted by Crippen LogP contribution is -1.93. The average Bonchev–Trinajstić information content (AvgIpc) is 1.56. The van der Waals surface area contributed by atoms with Crippen LogP contribution in [0.15, 0.2) is 342 Å². The summed E-state index contributed by atoms with van der Waals surface area (Å²) in [6.45, 7) is 0. The van der Waals surface area contributed by atoms with Gasteiger partial charge < -0.3 is 0 Å². The zero-order valence-electron chi connectivity index (χ0n) is 75.1. The van der Waals surface area contributed by atoms with Crippen LogP contribution in [-0.2, 0) is 51.4 Å². The van der Waals surface area contributed by atoms with E-state index in [-0.39, 0.29) is 0 Å². The maximum atomic E-state index is 5.29. The summed E-state index contributed by atoms with van der Waals surface area (Å²) in [6, 6.07) is 92.9. The first kappa shape index (κ1) is 75.1. The van der Waals surface area contributed by atoms with E-state index in [0.29, 0.717) is 0 Å². The van der Waals surface area contributed by atoms with Crippen molar-refractivity contribution in [3.8, 4) is 89.0 Å². The second kappa shape index (κ2) is 27.7. The summed E-state index contributed by atoms with van der Waals surface area (Å²) >= 11 is 0. The van der Waals surface area contributed by atoms with Crippen LogP contribution in [0.25, 0.3) is 243 Å². The molecule has 0 unspecified atom stereocenters. The lowest BCUT2D eigenvalue weighted by molar-refractivity contribution is 1.24. The van der Waals surface area contributed by atoms with E-state index in [1.807, 2.05) is 98.9 Å². The van der Waals surface area contributed by atoms with Gasteiger partial charge in [-0.3, -0.25) is 57.5 Å². The van der Waals surface area contributed by atoms with Crippen LogP contribution in [0.5, 0.6) is 0 Å². The van der Waals surface area contributed by atoms with Gasteiger partial charge >= 0.3 is 0 Å². The third-order valence-corrected chi connectivity index (χ3v) is 32.1. The maximum absolute atomic E-state index is 5.29. The SMILES string of the molecule is c1ccc2c(c1)Cc1ccc3c(c1-2)Cc1c-3ccc2c1nc1c3cccnc3c3ccncc3n21.c1ccc2c(c1)Cc1ccc3c(c1-2)Cc1c-3ccc2c1nc1c3ccncc3c3ccncc3n21.c1ccc2c(c1)Cc1ccc3c(c1-2)Cc1c-3ccc2c1nc1c3cnccc3c3ccncc3n21.c1ccc2c(c1)Cc1ccc3c(c1-2)Cc1c-3ccc2c1nc1c3ncccc3c3ccncc3n21. The van der Waals surface area contributed by atoms with Gasteiger partial charge in [-0.05, 0) is 288 Å². The zero-order chi connectivity index (χ0) is 90.7. The summed E-state index contributed by atoms with van der Waals surface area (Å²) in [5.74, 6) is 0. The summed E-state index contributed by atoms with van der Waals surface area (Å²) in [5, 5.41) is 11.2. The first-order valence-electron chi connectivity index (χ1n) is 48.2. The molecule has 16 heterocycles. The van der Waals surface area contributed by atoms with Crippen LogP contribution in [0, 0.1) is 0 Å². The average molecular weight is 1790 g/mol. The lowest BCUT2D eigenvalue weighted by atomic mass is 9.95. The molecule has 648 valence electrons. The molecule has 0 bridgehead atoms. The summed E-state index contributed by atoms with van der Waals surface area (Å²) in [7, 11) is 0. The number of hydrogen-bond donors (Lipinski definition) is 0. The number of benzene rings is 12. The molecule has 0 saturated carbocycles. The fourth-order valence-corrected chi connectivity index (χ4v) is 26.2. The molecule has 0 amide bonds. The van der Waals surface area contributed by atoms with Gasteiger partial charge in [0.15, 0.2) is 5.65 Å². The molecular weight excluding hydrogens is 1710 g/mol. The molecule has 0 radical (unpaired) electrons. The molecule has 12 aromatic carbocycles. The third-order valence-electron chi connectivity index (χ3n) is 32.1. The van der Waals surface area contributed by atoms with Crippen LogP contribution >= 0.6 is 0 Å². The van der Waals surface area contributed by atoms with Crippen LogP contribution < -0.4 is 0 Å². The monoisotopic (exact) mass is 1780 g/mol. The maximum Gasteiger partial charge on any atom is 0.165 e. The molecule has 36 rings (SSSR count). The minimum Gasteiger partial charge on any atom is -0.290 e. The number of nitrogens with zero attached hydrogens (tertiary/aromatic N) is 16. The first-order valence-corrected chi connectivity index (χ1v) is 48.2. The van der Waals surface area contributed by atoms with E-state index >= 15 is 0 Å². The van der Waals surface area contributed by atoms with E-state index in [0.717, 1.165) is 200 Å². The van der Waals surface area contributed by atoms with Crippen molar-refractivity contribution in [1.82, 2.24) is 77.4 Å². The Bertz CT molecular complexity index is 9460. The number of fused-ring (bicyclic) bond motifs is 64. The normalized spacial score (nSPS) is 13.5. The minimum absolute atomic E-state index is 0.899. The highest BCUT2D eigenvalue weighted by molar-refractivity contribution is 6.19. The van der Waals surface area contributed by atoms with Crippen molar-refractivity contribution in [3.63, 3.8) is 0 Å². The predicted molar refractivity (Wildman–Crippen MR) is 559 cm³/mol. The van der Waals surface area contributed by atoms with Crippen molar-refractivity contribution in [2.45, 2.75) is 51.4 Å². The summed E-state index contributed by atoms with van der Waals surface area (Å²) in [6.07, 6.45) is 34.2. The molecule has 0 saturated heterocycles. The number of hydrogen-bond acceptors (Lipinski definition) is 12. The highest BCUT2D eigenvalue weighted by Gasteiger charge is 2.38. The largest absolute Gasteiger partial charge is 0.290 e. The van der Waals surface area contributed by atoms with Crippen molar-refractivity contribution in [3.05, 3.63) is 431 Å². The highest BCUT2D eigenvalue weighted by Crippen LogP contribution is 2.56. The van der Waals surface area contributed by atoms with Gasteiger partial charge in [0.1, 0.15) is 22.5 Å². The van der Waals surface area contributed by atoms with Crippen LogP contribution in [0.3, 0.4) is 0 Å². The van der Waals surface area contributed by atoms with E-state index < -0.39 is 0 Å². The van der Waals surface area contributed by atoms with Crippen molar-refractivity contribution in [2.75, 3.05) is 0 Å². The summed E-state index contributed by atoms with van der Waals surface area (Å²) < 4.78 is 9.06. The molecule has 8 aliphatic rings. The van der Waals surface area contributed by atoms with Crippen molar-refractivity contribution in [2.24, 2.45) is 0 Å². The van der Waals surface area contributed by atoms with E-state index in [2.05, 4.69) is 290 Å². The van der Waals surface area contributed by atoms with Gasteiger partial charge in [-0.25, -0.2) is 19.9 Å². The second-order valence-electron chi connectivity index (χ2n) is 38.7. The quantitative estimate of drug-likeness (QED) is 0.132. The Morgan fingerprint density at radius 1 is 0.157 bits per heavy atom. The Morgan fingerprint density at radius 3 is 0.864 bits per heavy atom. The van der Waals surface area contributed by atoms with Crippen LogP contribution in [0.4, 0.5) is 0 Å². The molecule has 8 aliphatic carbocycles. The molecule has 0 atom stereocenters. The standard InChI is InChI=1S/4C31H18N4/c1-2-5-19-17(4-1)14-18-7-8-20-21-9-10-26-30(25(21)15-24(20)28(18)19)34-31-23-6-3-12-33-29(23)22-11-13-32-16-27(22)35(26)31;1-2-5-19-17(4-1)14-18-7-8-20-21-9-10-26-29(25(21)15-24(20)28(18)19)34-31-30-23(6-3-12-33-30)22-11-13-32-16-27(22)35(26)31;1-2-4-19-17(3-1)13-18-5-6-20-21-7-8-27-30(25(21)14-24(20)29(18)19)34-31-23-10-12-32-15-26(23)22-9-11-33-16-28(22)35(27)31;1-2-4-19-17(3-1)13-18-5-6-20-21-7-8-27-30(25(21)14-24(20)29(18)19)34-31-26-15-32-11-9-22(26)23-10-12-33-16-28(23)35(27)31/h2*1-13,16H,14-15H2;2*1-12,15-16H,13-14H2. The molecule has 140 heavy (non-hydrogen) atoms. The Morgan fingerprint density at radius 2 is 0.450 bits per heavy atom. The first-order chi connectivity index (χ1) is 69.5. The lowest BCUT2D eigenvalue weighted by Gasteiger charge is -2.09. The highest BCUT2D eigenvalue weighted by atomic mass is 15.1. The number of rotatable bonds is 0. The molecule has 16 nitrogen and oxygen atoms in total. The van der Waals surface area contributed by atoms with Gasteiger partial charge in [-0.2, -0.15) is 0 Å². The molecule has 28 aromatic rings. The van der Waals surface area contributed by atoms with Gasteiger partial charge in [0.05, 0.1) is 96.5 Å². The van der Waals surface area contributed by atoms with E-state index in [4.69, 9.17) is 29.9 Å². The van der Waals surface area contributed by atoms with Crippen LogP contribution in [0.2, 0.25) is 0 Å². The van der Waals surface area contributed by atoms with E-state index in [1.54, 1.807) is 0 Å². The molecule has 16 aromatic heterocycles. The Kier molecular flexibility index (Phi) is 14.9. The second-order valence-corrected chi connectivity index (χ2v) is 38.7. The minimum atomic E-state index is 0.899. The summed E-state index contributed by atoms with van der Waals surface area (Å²) in [5.41, 5.74) is 63.4. The molecule has 0 aliphatic heterocycles. The van der Waals surface area contributed by atoms with Crippen LogP contribution in [-0.4, -0.2) is 77.4 Å². The van der Waals surface area contributed by atoms with Crippen molar-refractivity contribution in [1.29, 1.82) is 0 Å². The van der Waals surface area contributed by atoms with Gasteiger partial charge in [0.25, 0.3) is 0 Å². The fourth-order valence-electron chi connectivity index (χ4n) is 26.2. The van der Waals surface area contributed by atoms with Gasteiger partial charge in [0, 0.05) is 136 Å². The number of pyridine rings is 12. The van der Waals surface area contributed by atoms with Crippen molar-refractivity contribution < 1.29 is 0 Å². The summed E-state index contributed by atoms with van der Waals surface area (Å²) in [4.78, 5) is 57.2. The molecule has 16 heteroatoms. The topological polar surface area (TPSA) is 172 Å². The molecule has 0 N–H and O–H groups in total. The Hall–Kier alpha value is -18.3. The molecule has 0 spiro atoms. The third kappa shape index (κ3) is 10.1. The van der Waals surface area contributed by atoms with Crippen LogP contribution in [0.1, 0.15) is 89.0 Å². The van der Waals surface area contributed by atoms with E-state index in [1.165, 1.54) is 183 Å². The van der Waals surface area contributed by atoms with Gasteiger partial charge in [0.2, 0.25) is 0 Å².